The molecule has 3 rings (SSSR count). The lowest BCUT2D eigenvalue weighted by molar-refractivity contribution is -0.384. The molecule has 0 unspecified atom stereocenters. The quantitative estimate of drug-likeness (QED) is 0.229. The molecule has 0 saturated heterocycles. The first-order chi connectivity index (χ1) is 13.5. The maximum absolute atomic E-state index is 13.0. The van der Waals surface area contributed by atoms with E-state index in [1.54, 1.807) is 54.6 Å². The Hall–Kier alpha value is -3.32. The van der Waals surface area contributed by atoms with Crippen LogP contribution < -0.4 is 0 Å². The number of non-ortho nitro benzene ring substituents is 1. The van der Waals surface area contributed by atoms with E-state index in [1.807, 2.05) is 0 Å². The Morgan fingerprint density at radius 3 is 2.11 bits per heavy atom. The first-order valence-electron chi connectivity index (χ1n) is 8.26. The van der Waals surface area contributed by atoms with Crippen molar-refractivity contribution in [3.8, 4) is 0 Å². The Labute approximate surface area is 169 Å². The zero-order valence-corrected chi connectivity index (χ0v) is 16.0. The standard InChI is InChI=1S/C21H14BrNO5/c22-18-9-5-4-8-17(18)21(25)28-20(19(24)14-6-2-1-3-7-14)15-10-12-16(13-11-15)23(26)27/h1-13,20H/t20-/m1/s1. The second kappa shape index (κ2) is 8.58. The third kappa shape index (κ3) is 4.32. The van der Waals surface area contributed by atoms with Crippen LogP contribution in [0, 0.1) is 10.1 Å². The molecule has 0 aliphatic rings. The number of carbonyl (C=O) groups is 2. The molecule has 7 heteroatoms. The minimum Gasteiger partial charge on any atom is -0.445 e. The highest BCUT2D eigenvalue weighted by Gasteiger charge is 2.28. The minimum atomic E-state index is -1.23. The molecule has 140 valence electrons. The Balaban J connectivity index is 1.97. The van der Waals surface area contributed by atoms with Crippen molar-refractivity contribution in [2.75, 3.05) is 0 Å². The summed E-state index contributed by atoms with van der Waals surface area (Å²) in [6.45, 7) is 0. The van der Waals surface area contributed by atoms with E-state index in [9.17, 15) is 19.7 Å². The molecule has 0 N–H and O–H groups in total. The summed E-state index contributed by atoms with van der Waals surface area (Å²) in [7, 11) is 0. The lowest BCUT2D eigenvalue weighted by Gasteiger charge is -2.18. The van der Waals surface area contributed by atoms with Crippen molar-refractivity contribution in [2.45, 2.75) is 6.10 Å². The van der Waals surface area contributed by atoms with Gasteiger partial charge in [-0.2, -0.15) is 0 Å². The molecule has 0 aliphatic carbocycles. The number of nitro benzene ring substituents is 1. The molecule has 1 atom stereocenters. The summed E-state index contributed by atoms with van der Waals surface area (Å²) in [4.78, 5) is 36.0. The molecule has 0 heterocycles. The number of carbonyl (C=O) groups excluding carboxylic acids is 2. The highest BCUT2D eigenvalue weighted by Crippen LogP contribution is 2.27. The summed E-state index contributed by atoms with van der Waals surface area (Å²) in [5.74, 6) is -1.10. The lowest BCUT2D eigenvalue weighted by atomic mass is 9.99. The number of ketones is 1. The van der Waals surface area contributed by atoms with Gasteiger partial charge in [0.05, 0.1) is 10.5 Å². The molecular formula is C21H14BrNO5. The molecule has 0 radical (unpaired) electrons. The van der Waals surface area contributed by atoms with Gasteiger partial charge < -0.3 is 4.74 Å². The van der Waals surface area contributed by atoms with E-state index in [1.165, 1.54) is 24.3 Å². The van der Waals surface area contributed by atoms with Crippen LogP contribution >= 0.6 is 15.9 Å². The van der Waals surface area contributed by atoms with Crippen LogP contribution in [-0.4, -0.2) is 16.7 Å². The Bertz CT molecular complexity index is 1020. The Morgan fingerprint density at radius 2 is 1.50 bits per heavy atom. The van der Waals surface area contributed by atoms with E-state index in [4.69, 9.17) is 4.74 Å². The fourth-order valence-electron chi connectivity index (χ4n) is 2.59. The molecule has 3 aromatic rings. The largest absolute Gasteiger partial charge is 0.445 e. The number of nitrogens with zero attached hydrogens (tertiary/aromatic N) is 1. The average molecular weight is 440 g/mol. The maximum Gasteiger partial charge on any atom is 0.340 e. The van der Waals surface area contributed by atoms with E-state index in [2.05, 4.69) is 15.9 Å². The molecule has 0 aromatic heterocycles. The molecule has 0 spiro atoms. The smallest absolute Gasteiger partial charge is 0.340 e. The third-order valence-electron chi connectivity index (χ3n) is 4.02. The number of hydrogen-bond acceptors (Lipinski definition) is 5. The van der Waals surface area contributed by atoms with Gasteiger partial charge in [0.1, 0.15) is 0 Å². The molecule has 28 heavy (non-hydrogen) atoms. The van der Waals surface area contributed by atoms with Gasteiger partial charge in [-0.25, -0.2) is 4.79 Å². The van der Waals surface area contributed by atoms with Gasteiger partial charge in [-0.05, 0) is 40.2 Å². The van der Waals surface area contributed by atoms with Crippen LogP contribution in [0.15, 0.2) is 83.3 Å². The van der Waals surface area contributed by atoms with Crippen molar-refractivity contribution >= 4 is 33.4 Å². The first-order valence-corrected chi connectivity index (χ1v) is 9.06. The SMILES string of the molecule is O=C(O[C@@H](C(=O)c1ccccc1)c1ccc([N+](=O)[O-])cc1)c1ccccc1Br. The molecule has 0 aliphatic heterocycles. The molecular weight excluding hydrogens is 426 g/mol. The number of hydrogen-bond donors (Lipinski definition) is 0. The number of halogens is 1. The van der Waals surface area contributed by atoms with E-state index in [0.717, 1.165) is 0 Å². The van der Waals surface area contributed by atoms with Crippen LogP contribution in [0.1, 0.15) is 32.4 Å². The van der Waals surface area contributed by atoms with Crippen molar-refractivity contribution in [3.63, 3.8) is 0 Å². The number of rotatable bonds is 6. The van der Waals surface area contributed by atoms with Crippen LogP contribution in [0.25, 0.3) is 0 Å². The van der Waals surface area contributed by atoms with Crippen LogP contribution in [0.4, 0.5) is 5.69 Å². The fourth-order valence-corrected chi connectivity index (χ4v) is 3.04. The van der Waals surface area contributed by atoms with E-state index < -0.39 is 22.8 Å². The second-order valence-electron chi connectivity index (χ2n) is 5.84. The van der Waals surface area contributed by atoms with Gasteiger partial charge in [0.25, 0.3) is 5.69 Å². The summed E-state index contributed by atoms with van der Waals surface area (Å²) >= 11 is 3.29. The normalized spacial score (nSPS) is 11.5. The number of benzene rings is 3. The second-order valence-corrected chi connectivity index (χ2v) is 6.70. The number of Topliss-reactive ketones (excluding diaryl/α,β-unsaturated/α-hetero) is 1. The number of nitro groups is 1. The highest BCUT2D eigenvalue weighted by molar-refractivity contribution is 9.10. The summed E-state index contributed by atoms with van der Waals surface area (Å²) in [6, 6.07) is 20.5. The van der Waals surface area contributed by atoms with Crippen LogP contribution in [0.5, 0.6) is 0 Å². The van der Waals surface area contributed by atoms with Crippen molar-refractivity contribution in [1.29, 1.82) is 0 Å². The lowest BCUT2D eigenvalue weighted by Crippen LogP contribution is -2.20. The zero-order valence-electron chi connectivity index (χ0n) is 14.4. The van der Waals surface area contributed by atoms with Crippen LogP contribution in [0.3, 0.4) is 0 Å². The topological polar surface area (TPSA) is 86.5 Å². The van der Waals surface area contributed by atoms with Crippen molar-refractivity contribution in [1.82, 2.24) is 0 Å². The highest BCUT2D eigenvalue weighted by atomic mass is 79.9. The first kappa shape index (κ1) is 19.4. The van der Waals surface area contributed by atoms with Crippen molar-refractivity contribution in [2.24, 2.45) is 0 Å². The van der Waals surface area contributed by atoms with Gasteiger partial charge in [-0.15, -0.1) is 0 Å². The third-order valence-corrected chi connectivity index (χ3v) is 4.71. The summed E-state index contributed by atoms with van der Waals surface area (Å²) in [6.07, 6.45) is -1.23. The summed E-state index contributed by atoms with van der Waals surface area (Å²) in [5.41, 5.74) is 0.868. The molecule has 0 bridgehead atoms. The predicted octanol–water partition coefficient (Wildman–Crippen LogP) is 5.14. The molecule has 0 amide bonds. The van der Waals surface area contributed by atoms with Crippen molar-refractivity contribution < 1.29 is 19.2 Å². The van der Waals surface area contributed by atoms with Gasteiger partial charge in [0.2, 0.25) is 5.78 Å². The van der Waals surface area contributed by atoms with E-state index in [0.29, 0.717) is 15.6 Å². The van der Waals surface area contributed by atoms with Gasteiger partial charge in [0.15, 0.2) is 6.10 Å². The van der Waals surface area contributed by atoms with Gasteiger partial charge in [0, 0.05) is 27.7 Å². The van der Waals surface area contributed by atoms with Crippen molar-refractivity contribution in [3.05, 3.63) is 110 Å². The molecule has 3 aromatic carbocycles. The molecule has 6 nitrogen and oxygen atoms in total. The van der Waals surface area contributed by atoms with Gasteiger partial charge >= 0.3 is 5.97 Å². The minimum absolute atomic E-state index is 0.119. The average Bonchev–Trinajstić information content (AvgIpc) is 2.72. The molecule has 0 fully saturated rings. The summed E-state index contributed by atoms with van der Waals surface area (Å²) in [5, 5.41) is 10.9. The Morgan fingerprint density at radius 1 is 0.893 bits per heavy atom. The van der Waals surface area contributed by atoms with Gasteiger partial charge in [-0.3, -0.25) is 14.9 Å². The zero-order chi connectivity index (χ0) is 20.1. The fraction of sp³-hybridized carbons (Fsp3) is 0.0476. The number of esters is 1. The molecule has 0 saturated carbocycles. The number of ether oxygens (including phenoxy) is 1. The van der Waals surface area contributed by atoms with Crippen LogP contribution in [0.2, 0.25) is 0 Å². The van der Waals surface area contributed by atoms with Gasteiger partial charge in [-0.1, -0.05) is 42.5 Å². The summed E-state index contributed by atoms with van der Waals surface area (Å²) < 4.78 is 6.07. The van der Waals surface area contributed by atoms with Crippen LogP contribution in [-0.2, 0) is 4.74 Å². The maximum atomic E-state index is 13.0. The predicted molar refractivity (Wildman–Crippen MR) is 106 cm³/mol. The monoisotopic (exact) mass is 439 g/mol. The Kier molecular flexibility index (Phi) is 5.96. The van der Waals surface area contributed by atoms with E-state index >= 15 is 0 Å². The van der Waals surface area contributed by atoms with E-state index in [-0.39, 0.29) is 11.3 Å².